The zero-order chi connectivity index (χ0) is 6.27. The second kappa shape index (κ2) is 1.44. The minimum absolute atomic E-state index is 1.11. The molecule has 1 heteroatoms. The molecule has 44 valence electrons. The second-order valence-electron chi connectivity index (χ2n) is 2.26. The van der Waals surface area contributed by atoms with Gasteiger partial charge in [-0.15, -0.1) is 0 Å². The minimum Gasteiger partial charge on any atom is -0.253 e. The molecule has 1 aliphatic carbocycles. The van der Waals surface area contributed by atoms with E-state index in [1.165, 1.54) is 5.57 Å². The summed E-state index contributed by atoms with van der Waals surface area (Å²) < 4.78 is 0. The summed E-state index contributed by atoms with van der Waals surface area (Å²) in [5, 5.41) is 0. The Bertz CT molecular complexity index is 264. The highest BCUT2D eigenvalue weighted by Crippen LogP contribution is 2.24. The highest BCUT2D eigenvalue weighted by Gasteiger charge is 2.10. The van der Waals surface area contributed by atoms with Crippen LogP contribution in [0.25, 0.3) is 0 Å². The van der Waals surface area contributed by atoms with Crippen LogP contribution in [-0.4, -0.2) is 5.71 Å². The van der Waals surface area contributed by atoms with Crippen LogP contribution in [0.1, 0.15) is 6.92 Å². The first-order chi connectivity index (χ1) is 4.36. The fourth-order valence-electron chi connectivity index (χ4n) is 1.10. The Morgan fingerprint density at radius 1 is 1.44 bits per heavy atom. The number of nitrogens with zero attached hydrogens (tertiary/aromatic N) is 1. The van der Waals surface area contributed by atoms with E-state index in [1.54, 1.807) is 0 Å². The summed E-state index contributed by atoms with van der Waals surface area (Å²) in [6.45, 7) is 2.01. The molecule has 0 unspecified atom stereocenters. The lowest BCUT2D eigenvalue weighted by molar-refractivity contribution is 1.42. The predicted octanol–water partition coefficient (Wildman–Crippen LogP) is 1.84. The molecule has 0 atom stereocenters. The van der Waals surface area contributed by atoms with Crippen LogP contribution >= 0.6 is 0 Å². The molecule has 2 aliphatic rings. The van der Waals surface area contributed by atoms with Crippen molar-refractivity contribution in [2.75, 3.05) is 0 Å². The van der Waals surface area contributed by atoms with Gasteiger partial charge in [-0.25, -0.2) is 0 Å². The van der Waals surface area contributed by atoms with Crippen molar-refractivity contribution in [3.05, 3.63) is 35.6 Å². The number of aliphatic imine (C=N–C) groups is 1. The zero-order valence-electron chi connectivity index (χ0n) is 5.26. The molecule has 0 aromatic carbocycles. The van der Waals surface area contributed by atoms with E-state index >= 15 is 0 Å². The Hall–Kier alpha value is -1.11. The van der Waals surface area contributed by atoms with Crippen LogP contribution in [0.2, 0.25) is 0 Å². The molecule has 0 saturated heterocycles. The van der Waals surface area contributed by atoms with E-state index in [-0.39, 0.29) is 0 Å². The zero-order valence-corrected chi connectivity index (χ0v) is 5.26. The predicted molar refractivity (Wildman–Crippen MR) is 38.4 cm³/mol. The van der Waals surface area contributed by atoms with Crippen molar-refractivity contribution in [3.8, 4) is 0 Å². The lowest BCUT2D eigenvalue weighted by atomic mass is 10.2. The SMILES string of the molecule is CC1=NC2=CC=CC2=C1. The molecule has 1 nitrogen and oxygen atoms in total. The van der Waals surface area contributed by atoms with Gasteiger partial charge in [-0.05, 0) is 19.1 Å². The molecule has 2 rings (SSSR count). The maximum atomic E-state index is 4.27. The Morgan fingerprint density at radius 3 is 3.11 bits per heavy atom. The molecular formula is C8H7N. The summed E-state index contributed by atoms with van der Waals surface area (Å²) in [6, 6.07) is 0. The smallest absolute Gasteiger partial charge is 0.0705 e. The molecule has 0 amide bonds. The molecular weight excluding hydrogens is 110 g/mol. The molecule has 9 heavy (non-hydrogen) atoms. The molecule has 0 spiro atoms. The van der Waals surface area contributed by atoms with Crippen LogP contribution in [0.3, 0.4) is 0 Å². The third-order valence-corrected chi connectivity index (χ3v) is 1.49. The van der Waals surface area contributed by atoms with Gasteiger partial charge < -0.3 is 0 Å². The normalized spacial score (nSPS) is 21.2. The fraction of sp³-hybridized carbons (Fsp3) is 0.125. The van der Waals surface area contributed by atoms with E-state index in [1.807, 2.05) is 19.1 Å². The largest absolute Gasteiger partial charge is 0.253 e. The summed E-state index contributed by atoms with van der Waals surface area (Å²) in [5.41, 5.74) is 3.49. The number of rotatable bonds is 0. The van der Waals surface area contributed by atoms with Crippen molar-refractivity contribution >= 4 is 5.71 Å². The van der Waals surface area contributed by atoms with E-state index in [4.69, 9.17) is 0 Å². The summed E-state index contributed by atoms with van der Waals surface area (Å²) >= 11 is 0. The number of allylic oxidation sites excluding steroid dienone is 4. The van der Waals surface area contributed by atoms with Gasteiger partial charge in [0.2, 0.25) is 0 Å². The molecule has 1 heterocycles. The van der Waals surface area contributed by atoms with Gasteiger partial charge in [0.1, 0.15) is 0 Å². The summed E-state index contributed by atoms with van der Waals surface area (Å²) in [5.74, 6) is 0. The number of hydrogen-bond acceptors (Lipinski definition) is 1. The second-order valence-corrected chi connectivity index (χ2v) is 2.26. The quantitative estimate of drug-likeness (QED) is 0.459. The summed E-state index contributed by atoms with van der Waals surface area (Å²) in [7, 11) is 0. The highest BCUT2D eigenvalue weighted by atomic mass is 14.8. The molecule has 0 bridgehead atoms. The summed E-state index contributed by atoms with van der Waals surface area (Å²) in [6.07, 6.45) is 8.23. The third-order valence-electron chi connectivity index (χ3n) is 1.49. The monoisotopic (exact) mass is 117 g/mol. The molecule has 0 fully saturated rings. The minimum atomic E-state index is 1.11. The first-order valence-electron chi connectivity index (χ1n) is 3.02. The first-order valence-corrected chi connectivity index (χ1v) is 3.02. The van der Waals surface area contributed by atoms with Gasteiger partial charge in [-0.2, -0.15) is 0 Å². The van der Waals surface area contributed by atoms with Crippen molar-refractivity contribution in [1.29, 1.82) is 0 Å². The molecule has 0 N–H and O–H groups in total. The molecule has 0 aromatic rings. The maximum Gasteiger partial charge on any atom is 0.0705 e. The van der Waals surface area contributed by atoms with Crippen LogP contribution in [0, 0.1) is 0 Å². The standard InChI is InChI=1S/C8H7N/c1-6-5-7-3-2-4-8(7)9-6/h2-5H,1H3. The average molecular weight is 117 g/mol. The van der Waals surface area contributed by atoms with E-state index < -0.39 is 0 Å². The Kier molecular flexibility index (Phi) is 0.758. The van der Waals surface area contributed by atoms with E-state index in [0.717, 1.165) is 11.4 Å². The van der Waals surface area contributed by atoms with Crippen molar-refractivity contribution in [3.63, 3.8) is 0 Å². The van der Waals surface area contributed by atoms with Crippen LogP contribution in [0.4, 0.5) is 0 Å². The van der Waals surface area contributed by atoms with Gasteiger partial charge in [0.25, 0.3) is 0 Å². The lowest BCUT2D eigenvalue weighted by Crippen LogP contribution is -1.74. The molecule has 1 aliphatic heterocycles. The van der Waals surface area contributed by atoms with Crippen LogP contribution < -0.4 is 0 Å². The van der Waals surface area contributed by atoms with Gasteiger partial charge in [0, 0.05) is 11.3 Å². The Balaban J connectivity index is 2.53. The third kappa shape index (κ3) is 0.578. The van der Waals surface area contributed by atoms with Gasteiger partial charge in [0.05, 0.1) is 5.70 Å². The fourth-order valence-corrected chi connectivity index (χ4v) is 1.10. The summed E-state index contributed by atoms with van der Waals surface area (Å²) in [4.78, 5) is 4.27. The Labute approximate surface area is 54.1 Å². The van der Waals surface area contributed by atoms with Crippen molar-refractivity contribution in [2.24, 2.45) is 4.99 Å². The van der Waals surface area contributed by atoms with Crippen molar-refractivity contribution < 1.29 is 0 Å². The topological polar surface area (TPSA) is 12.4 Å². The van der Waals surface area contributed by atoms with Crippen molar-refractivity contribution in [2.45, 2.75) is 6.92 Å². The Morgan fingerprint density at radius 2 is 2.33 bits per heavy atom. The lowest BCUT2D eigenvalue weighted by Gasteiger charge is -1.84. The van der Waals surface area contributed by atoms with Crippen LogP contribution in [-0.2, 0) is 0 Å². The van der Waals surface area contributed by atoms with Crippen molar-refractivity contribution in [1.82, 2.24) is 0 Å². The highest BCUT2D eigenvalue weighted by molar-refractivity contribution is 5.99. The van der Waals surface area contributed by atoms with Crippen LogP contribution in [0.5, 0.6) is 0 Å². The first kappa shape index (κ1) is 4.74. The average Bonchev–Trinajstić information content (AvgIpc) is 2.22. The van der Waals surface area contributed by atoms with Crippen LogP contribution in [0.15, 0.2) is 40.6 Å². The van der Waals surface area contributed by atoms with Gasteiger partial charge in [-0.3, -0.25) is 4.99 Å². The van der Waals surface area contributed by atoms with E-state index in [0.29, 0.717) is 0 Å². The van der Waals surface area contributed by atoms with Gasteiger partial charge in [0.15, 0.2) is 0 Å². The number of hydrogen-bond donors (Lipinski definition) is 0. The number of fused-ring (bicyclic) bond motifs is 1. The molecule has 0 saturated carbocycles. The maximum absolute atomic E-state index is 4.27. The van der Waals surface area contributed by atoms with Gasteiger partial charge in [-0.1, -0.05) is 12.2 Å². The molecule has 0 aromatic heterocycles. The molecule has 0 radical (unpaired) electrons. The van der Waals surface area contributed by atoms with Gasteiger partial charge >= 0.3 is 0 Å². The van der Waals surface area contributed by atoms with E-state index in [2.05, 4.69) is 17.1 Å². The van der Waals surface area contributed by atoms with E-state index in [9.17, 15) is 0 Å².